The van der Waals surface area contributed by atoms with Crippen molar-refractivity contribution in [2.24, 2.45) is 7.05 Å². The SMILES string of the molecule is CCC1CNC(C)(C)CN1c1ccn(C)n1. The predicted molar refractivity (Wildman–Crippen MR) is 66.7 cm³/mol. The molecule has 1 aromatic heterocycles. The number of nitrogens with one attached hydrogen (secondary N) is 1. The van der Waals surface area contributed by atoms with Gasteiger partial charge in [0.15, 0.2) is 5.82 Å². The summed E-state index contributed by atoms with van der Waals surface area (Å²) in [6, 6.07) is 2.66. The predicted octanol–water partition coefficient (Wildman–Crippen LogP) is 1.39. The summed E-state index contributed by atoms with van der Waals surface area (Å²) in [4.78, 5) is 2.43. The topological polar surface area (TPSA) is 33.1 Å². The Labute approximate surface area is 97.6 Å². The summed E-state index contributed by atoms with van der Waals surface area (Å²) >= 11 is 0. The fourth-order valence-electron chi connectivity index (χ4n) is 2.30. The number of anilines is 1. The monoisotopic (exact) mass is 222 g/mol. The van der Waals surface area contributed by atoms with Gasteiger partial charge in [0.05, 0.1) is 0 Å². The van der Waals surface area contributed by atoms with Gasteiger partial charge in [-0.2, -0.15) is 5.10 Å². The first kappa shape index (κ1) is 11.5. The first-order valence-corrected chi connectivity index (χ1v) is 6.03. The van der Waals surface area contributed by atoms with Crippen LogP contribution in [0.25, 0.3) is 0 Å². The fraction of sp³-hybridized carbons (Fsp3) is 0.750. The highest BCUT2D eigenvalue weighted by Crippen LogP contribution is 2.22. The molecule has 0 amide bonds. The zero-order chi connectivity index (χ0) is 11.8. The van der Waals surface area contributed by atoms with Crippen molar-refractivity contribution in [2.45, 2.75) is 38.8 Å². The third-order valence-corrected chi connectivity index (χ3v) is 3.29. The molecular weight excluding hydrogens is 200 g/mol. The van der Waals surface area contributed by atoms with Gasteiger partial charge in [-0.3, -0.25) is 4.68 Å². The molecule has 2 rings (SSSR count). The molecule has 0 saturated carbocycles. The van der Waals surface area contributed by atoms with Crippen LogP contribution in [0.4, 0.5) is 5.82 Å². The highest BCUT2D eigenvalue weighted by molar-refractivity contribution is 5.40. The molecule has 4 heteroatoms. The maximum Gasteiger partial charge on any atom is 0.150 e. The molecule has 2 heterocycles. The van der Waals surface area contributed by atoms with Crippen LogP contribution in [0, 0.1) is 0 Å². The largest absolute Gasteiger partial charge is 0.349 e. The van der Waals surface area contributed by atoms with Crippen LogP contribution >= 0.6 is 0 Å². The minimum absolute atomic E-state index is 0.170. The van der Waals surface area contributed by atoms with Crippen molar-refractivity contribution in [3.8, 4) is 0 Å². The second kappa shape index (κ2) is 4.09. The molecule has 0 aromatic carbocycles. The second-order valence-electron chi connectivity index (χ2n) is 5.30. The third-order valence-electron chi connectivity index (χ3n) is 3.29. The Morgan fingerprint density at radius 3 is 2.88 bits per heavy atom. The molecule has 0 aliphatic carbocycles. The lowest BCUT2D eigenvalue weighted by molar-refractivity contribution is 0.304. The standard InChI is InChI=1S/C12H22N4/c1-5-10-8-13-12(2,3)9-16(10)11-6-7-15(4)14-11/h6-7,10,13H,5,8-9H2,1-4H3. The molecule has 1 atom stereocenters. The lowest BCUT2D eigenvalue weighted by Gasteiger charge is -2.44. The van der Waals surface area contributed by atoms with E-state index in [4.69, 9.17) is 0 Å². The van der Waals surface area contributed by atoms with Gasteiger partial charge >= 0.3 is 0 Å². The average Bonchev–Trinajstić information content (AvgIpc) is 2.64. The van der Waals surface area contributed by atoms with Crippen molar-refractivity contribution in [1.29, 1.82) is 0 Å². The summed E-state index contributed by atoms with van der Waals surface area (Å²) in [5.41, 5.74) is 0.170. The fourth-order valence-corrected chi connectivity index (χ4v) is 2.30. The van der Waals surface area contributed by atoms with Gasteiger partial charge in [-0.15, -0.1) is 0 Å². The number of piperazine rings is 1. The van der Waals surface area contributed by atoms with E-state index in [-0.39, 0.29) is 5.54 Å². The molecule has 1 unspecified atom stereocenters. The molecule has 1 N–H and O–H groups in total. The van der Waals surface area contributed by atoms with Crippen LogP contribution in [0.2, 0.25) is 0 Å². The van der Waals surface area contributed by atoms with Crippen LogP contribution in [0.1, 0.15) is 27.2 Å². The zero-order valence-electron chi connectivity index (χ0n) is 10.7. The minimum Gasteiger partial charge on any atom is -0.349 e. The molecular formula is C12H22N4. The normalized spacial score (nSPS) is 24.8. The molecule has 0 spiro atoms. The van der Waals surface area contributed by atoms with Crippen molar-refractivity contribution in [3.63, 3.8) is 0 Å². The van der Waals surface area contributed by atoms with Gasteiger partial charge in [0.1, 0.15) is 0 Å². The van der Waals surface area contributed by atoms with Crippen LogP contribution in [0.3, 0.4) is 0 Å². The van der Waals surface area contributed by atoms with E-state index in [9.17, 15) is 0 Å². The highest BCUT2D eigenvalue weighted by atomic mass is 15.4. The van der Waals surface area contributed by atoms with E-state index in [1.165, 1.54) is 0 Å². The van der Waals surface area contributed by atoms with Crippen molar-refractivity contribution in [1.82, 2.24) is 15.1 Å². The number of aryl methyl sites for hydroxylation is 1. The van der Waals surface area contributed by atoms with E-state index in [0.29, 0.717) is 6.04 Å². The maximum atomic E-state index is 4.51. The summed E-state index contributed by atoms with van der Waals surface area (Å²) in [6.07, 6.45) is 3.16. The van der Waals surface area contributed by atoms with Crippen LogP contribution in [0.15, 0.2) is 12.3 Å². The van der Waals surface area contributed by atoms with Crippen molar-refractivity contribution in [3.05, 3.63) is 12.3 Å². The van der Waals surface area contributed by atoms with E-state index in [0.717, 1.165) is 25.3 Å². The highest BCUT2D eigenvalue weighted by Gasteiger charge is 2.32. The summed E-state index contributed by atoms with van der Waals surface area (Å²) in [5, 5.41) is 8.10. The number of hydrogen-bond donors (Lipinski definition) is 1. The smallest absolute Gasteiger partial charge is 0.150 e. The van der Waals surface area contributed by atoms with E-state index < -0.39 is 0 Å². The molecule has 1 saturated heterocycles. The minimum atomic E-state index is 0.170. The summed E-state index contributed by atoms with van der Waals surface area (Å²) in [6.45, 7) is 8.78. The average molecular weight is 222 g/mol. The molecule has 0 bridgehead atoms. The quantitative estimate of drug-likeness (QED) is 0.821. The van der Waals surface area contributed by atoms with Gasteiger partial charge in [0, 0.05) is 44.0 Å². The van der Waals surface area contributed by atoms with Gasteiger partial charge in [-0.1, -0.05) is 6.92 Å². The van der Waals surface area contributed by atoms with E-state index in [1.807, 2.05) is 17.9 Å². The van der Waals surface area contributed by atoms with Crippen LogP contribution in [0.5, 0.6) is 0 Å². The molecule has 1 fully saturated rings. The van der Waals surface area contributed by atoms with E-state index >= 15 is 0 Å². The van der Waals surface area contributed by atoms with Gasteiger partial charge in [-0.25, -0.2) is 0 Å². The summed E-state index contributed by atoms with van der Waals surface area (Å²) in [5.74, 6) is 1.10. The molecule has 0 radical (unpaired) electrons. The molecule has 1 aliphatic rings. The Kier molecular flexibility index (Phi) is 2.93. The first-order valence-electron chi connectivity index (χ1n) is 6.03. The lowest BCUT2D eigenvalue weighted by atomic mass is 9.98. The Morgan fingerprint density at radius 1 is 1.56 bits per heavy atom. The molecule has 1 aromatic rings. The molecule has 90 valence electrons. The van der Waals surface area contributed by atoms with Crippen molar-refractivity contribution < 1.29 is 0 Å². The number of hydrogen-bond acceptors (Lipinski definition) is 3. The Balaban J connectivity index is 2.21. The maximum absolute atomic E-state index is 4.51. The summed E-state index contributed by atoms with van der Waals surface area (Å²) < 4.78 is 1.87. The Bertz CT molecular complexity index is 356. The number of rotatable bonds is 2. The molecule has 1 aliphatic heterocycles. The third kappa shape index (κ3) is 2.21. The molecule has 16 heavy (non-hydrogen) atoms. The number of aromatic nitrogens is 2. The first-order chi connectivity index (χ1) is 7.52. The Hall–Kier alpha value is -1.03. The van der Waals surface area contributed by atoms with Crippen LogP contribution in [-0.4, -0.2) is 34.5 Å². The van der Waals surface area contributed by atoms with Gasteiger partial charge in [0.25, 0.3) is 0 Å². The van der Waals surface area contributed by atoms with E-state index in [2.05, 4.69) is 42.2 Å². The summed E-state index contributed by atoms with van der Waals surface area (Å²) in [7, 11) is 1.97. The van der Waals surface area contributed by atoms with Crippen LogP contribution in [-0.2, 0) is 7.05 Å². The van der Waals surface area contributed by atoms with Crippen molar-refractivity contribution in [2.75, 3.05) is 18.0 Å². The number of nitrogens with zero attached hydrogens (tertiary/aromatic N) is 3. The van der Waals surface area contributed by atoms with E-state index in [1.54, 1.807) is 0 Å². The lowest BCUT2D eigenvalue weighted by Crippen LogP contribution is -2.61. The Morgan fingerprint density at radius 2 is 2.31 bits per heavy atom. The second-order valence-corrected chi connectivity index (χ2v) is 5.30. The van der Waals surface area contributed by atoms with Gasteiger partial charge in [0.2, 0.25) is 0 Å². The van der Waals surface area contributed by atoms with Crippen molar-refractivity contribution >= 4 is 5.82 Å². The zero-order valence-corrected chi connectivity index (χ0v) is 10.7. The van der Waals surface area contributed by atoms with Gasteiger partial charge < -0.3 is 10.2 Å². The van der Waals surface area contributed by atoms with Gasteiger partial charge in [-0.05, 0) is 20.3 Å². The van der Waals surface area contributed by atoms with Crippen LogP contribution < -0.4 is 10.2 Å². The molecule has 4 nitrogen and oxygen atoms in total.